The fraction of sp³-hybridized carbons (Fsp3) is 0.375. The molecule has 0 bridgehead atoms. The zero-order valence-corrected chi connectivity index (χ0v) is 16.5. The van der Waals surface area contributed by atoms with Gasteiger partial charge in [-0.25, -0.2) is 4.52 Å². The molecule has 3 aromatic heterocycles. The van der Waals surface area contributed by atoms with Gasteiger partial charge < -0.3 is 11.1 Å². The van der Waals surface area contributed by atoms with Crippen molar-refractivity contribution in [2.45, 2.75) is 38.5 Å². The molecule has 3 aromatic rings. The maximum absolute atomic E-state index is 12.6. The molecule has 3 rings (SSSR count). The number of hydrogen-bond acceptors (Lipinski definition) is 5. The van der Waals surface area contributed by atoms with Gasteiger partial charge in [-0.15, -0.1) is 16.4 Å². The van der Waals surface area contributed by atoms with E-state index in [0.29, 0.717) is 29.0 Å². The van der Waals surface area contributed by atoms with Crippen molar-refractivity contribution in [3.8, 4) is 0 Å². The number of anilines is 1. The highest BCUT2D eigenvalue weighted by molar-refractivity contribution is 7.09. The highest BCUT2D eigenvalue weighted by Gasteiger charge is 2.31. The van der Waals surface area contributed by atoms with E-state index in [2.05, 4.69) is 15.4 Å². The molecule has 0 unspecified atom stereocenters. The van der Waals surface area contributed by atoms with Crippen molar-refractivity contribution in [1.82, 2.24) is 14.6 Å². The summed E-state index contributed by atoms with van der Waals surface area (Å²) in [6, 6.07) is 2.80. The minimum Gasteiger partial charge on any atom is -0.363 e. The Labute approximate surface area is 167 Å². The van der Waals surface area contributed by atoms with E-state index in [1.54, 1.807) is 18.3 Å². The predicted octanol–water partition coefficient (Wildman–Crippen LogP) is 4.84. The van der Waals surface area contributed by atoms with Crippen molar-refractivity contribution in [3.63, 3.8) is 0 Å². The van der Waals surface area contributed by atoms with E-state index < -0.39 is 18.6 Å². The highest BCUT2D eigenvalue weighted by Crippen LogP contribution is 2.33. The third-order valence-corrected chi connectivity index (χ3v) is 5.46. The SMILES string of the molecule is Cc1c(C[C@@H](N)CC(F)(F)F)c(Cl)n2nc(Cl)nc(NCc3cccs3)c12. The number of thiophene rings is 1. The molecule has 3 N–H and O–H groups in total. The van der Waals surface area contributed by atoms with E-state index in [1.807, 2.05) is 17.5 Å². The number of fused-ring (bicyclic) bond motifs is 1. The topological polar surface area (TPSA) is 68.2 Å². The van der Waals surface area contributed by atoms with Gasteiger partial charge in [-0.2, -0.15) is 18.2 Å². The number of rotatable bonds is 6. The molecule has 1 atom stereocenters. The Balaban J connectivity index is 1.96. The average molecular weight is 438 g/mol. The number of nitrogens with zero attached hydrogens (tertiary/aromatic N) is 3. The number of nitrogens with two attached hydrogens (primary N) is 1. The van der Waals surface area contributed by atoms with Gasteiger partial charge in [0.05, 0.1) is 13.0 Å². The molecule has 0 spiro atoms. The highest BCUT2D eigenvalue weighted by atomic mass is 35.5. The van der Waals surface area contributed by atoms with Crippen LogP contribution in [0.1, 0.15) is 22.4 Å². The van der Waals surface area contributed by atoms with Crippen molar-refractivity contribution >= 4 is 45.9 Å². The molecular weight excluding hydrogens is 422 g/mol. The summed E-state index contributed by atoms with van der Waals surface area (Å²) in [7, 11) is 0. The number of aromatic nitrogens is 3. The lowest BCUT2D eigenvalue weighted by atomic mass is 10.0. The fourth-order valence-electron chi connectivity index (χ4n) is 2.88. The lowest BCUT2D eigenvalue weighted by molar-refractivity contribution is -0.138. The molecule has 27 heavy (non-hydrogen) atoms. The maximum atomic E-state index is 12.6. The number of alkyl halides is 3. The molecule has 0 saturated heterocycles. The van der Waals surface area contributed by atoms with E-state index in [-0.39, 0.29) is 16.9 Å². The van der Waals surface area contributed by atoms with Crippen LogP contribution in [-0.4, -0.2) is 26.8 Å². The van der Waals surface area contributed by atoms with Crippen molar-refractivity contribution in [3.05, 3.63) is 44.0 Å². The van der Waals surface area contributed by atoms with E-state index in [9.17, 15) is 13.2 Å². The first-order valence-electron chi connectivity index (χ1n) is 7.97. The van der Waals surface area contributed by atoms with Crippen LogP contribution in [0.2, 0.25) is 10.4 Å². The Morgan fingerprint density at radius 3 is 2.74 bits per heavy atom. The summed E-state index contributed by atoms with van der Waals surface area (Å²) in [4.78, 5) is 5.30. The summed E-state index contributed by atoms with van der Waals surface area (Å²) in [6.07, 6.45) is -5.46. The molecule has 0 aromatic carbocycles. The minimum absolute atomic E-state index is 0.0285. The molecule has 0 radical (unpaired) electrons. The van der Waals surface area contributed by atoms with Crippen LogP contribution in [0.4, 0.5) is 19.0 Å². The van der Waals surface area contributed by atoms with Gasteiger partial charge >= 0.3 is 6.18 Å². The standard InChI is InChI=1S/C16H16Cl2F3N5S/c1-8-11(5-9(22)6-16(19,20)21)13(17)26-12(8)14(24-15(18)25-26)23-7-10-3-2-4-27-10/h2-4,9H,5-7,22H2,1H3,(H,23,24,25)/t9-/m1/s1. The lowest BCUT2D eigenvalue weighted by Gasteiger charge is -2.14. The summed E-state index contributed by atoms with van der Waals surface area (Å²) in [5.74, 6) is 0.457. The largest absolute Gasteiger partial charge is 0.390 e. The van der Waals surface area contributed by atoms with Crippen LogP contribution in [0.15, 0.2) is 17.5 Å². The Hall–Kier alpha value is -1.55. The number of aryl methyl sites for hydroxylation is 1. The van der Waals surface area contributed by atoms with Crippen molar-refractivity contribution < 1.29 is 13.2 Å². The summed E-state index contributed by atoms with van der Waals surface area (Å²) in [6.45, 7) is 2.27. The second kappa shape index (κ2) is 7.83. The van der Waals surface area contributed by atoms with Crippen molar-refractivity contribution in [2.24, 2.45) is 5.73 Å². The second-order valence-electron chi connectivity index (χ2n) is 6.10. The van der Waals surface area contributed by atoms with Gasteiger partial charge in [0.1, 0.15) is 10.7 Å². The molecule has 0 fully saturated rings. The van der Waals surface area contributed by atoms with Gasteiger partial charge in [0, 0.05) is 10.9 Å². The predicted molar refractivity (Wildman–Crippen MR) is 102 cm³/mol. The minimum atomic E-state index is -4.34. The quantitative estimate of drug-likeness (QED) is 0.578. The summed E-state index contributed by atoms with van der Waals surface area (Å²) in [5.41, 5.74) is 7.42. The Kier molecular flexibility index (Phi) is 5.85. The maximum Gasteiger partial charge on any atom is 0.390 e. The summed E-state index contributed by atoms with van der Waals surface area (Å²) < 4.78 is 39.2. The molecular formula is C16H16Cl2F3N5S. The molecule has 0 aliphatic rings. The van der Waals surface area contributed by atoms with Gasteiger partial charge in [0.25, 0.3) is 0 Å². The average Bonchev–Trinajstić information content (AvgIpc) is 3.14. The Morgan fingerprint density at radius 1 is 1.37 bits per heavy atom. The van der Waals surface area contributed by atoms with Crippen LogP contribution >= 0.6 is 34.5 Å². The molecule has 0 aliphatic heterocycles. The molecule has 11 heteroatoms. The van der Waals surface area contributed by atoms with Crippen LogP contribution in [0.25, 0.3) is 5.52 Å². The molecule has 5 nitrogen and oxygen atoms in total. The van der Waals surface area contributed by atoms with E-state index in [0.717, 1.165) is 4.88 Å². The second-order valence-corrected chi connectivity index (χ2v) is 7.83. The monoisotopic (exact) mass is 437 g/mol. The molecule has 3 heterocycles. The summed E-state index contributed by atoms with van der Waals surface area (Å²) >= 11 is 14.0. The molecule has 0 saturated carbocycles. The fourth-order valence-corrected chi connectivity index (χ4v) is 4.03. The Morgan fingerprint density at radius 2 is 2.11 bits per heavy atom. The van der Waals surface area contributed by atoms with Gasteiger partial charge in [-0.05, 0) is 47.5 Å². The van der Waals surface area contributed by atoms with E-state index in [1.165, 1.54) is 4.52 Å². The zero-order chi connectivity index (χ0) is 19.8. The van der Waals surface area contributed by atoms with Gasteiger partial charge in [0.2, 0.25) is 5.28 Å². The lowest BCUT2D eigenvalue weighted by Crippen LogP contribution is -2.29. The number of halogens is 5. The van der Waals surface area contributed by atoms with E-state index >= 15 is 0 Å². The number of nitrogens with one attached hydrogen (secondary N) is 1. The van der Waals surface area contributed by atoms with Crippen LogP contribution < -0.4 is 11.1 Å². The van der Waals surface area contributed by atoms with E-state index in [4.69, 9.17) is 28.9 Å². The third kappa shape index (κ3) is 4.66. The van der Waals surface area contributed by atoms with Crippen LogP contribution in [-0.2, 0) is 13.0 Å². The zero-order valence-electron chi connectivity index (χ0n) is 14.1. The molecule has 146 valence electrons. The first-order chi connectivity index (χ1) is 12.7. The Bertz CT molecular complexity index is 940. The van der Waals surface area contributed by atoms with Crippen LogP contribution in [0.3, 0.4) is 0 Å². The van der Waals surface area contributed by atoms with Crippen molar-refractivity contribution in [2.75, 3.05) is 5.32 Å². The molecule has 0 amide bonds. The molecule has 0 aliphatic carbocycles. The van der Waals surface area contributed by atoms with Crippen molar-refractivity contribution in [1.29, 1.82) is 0 Å². The first-order valence-corrected chi connectivity index (χ1v) is 9.61. The van der Waals surface area contributed by atoms with Gasteiger partial charge in [-0.1, -0.05) is 17.7 Å². The third-order valence-electron chi connectivity index (χ3n) is 4.04. The number of hydrogen-bond donors (Lipinski definition) is 2. The van der Waals surface area contributed by atoms with Crippen LogP contribution in [0, 0.1) is 6.92 Å². The smallest absolute Gasteiger partial charge is 0.363 e. The summed E-state index contributed by atoms with van der Waals surface area (Å²) in [5, 5.41) is 9.38. The van der Waals surface area contributed by atoms with Gasteiger partial charge in [-0.3, -0.25) is 0 Å². The van der Waals surface area contributed by atoms with Gasteiger partial charge in [0.15, 0.2) is 5.82 Å². The first kappa shape index (κ1) is 20.2. The normalized spacial score (nSPS) is 13.3. The van der Waals surface area contributed by atoms with Crippen LogP contribution in [0.5, 0.6) is 0 Å².